The van der Waals surface area contributed by atoms with Gasteiger partial charge in [0.2, 0.25) is 5.91 Å². The van der Waals surface area contributed by atoms with Crippen molar-refractivity contribution in [3.05, 3.63) is 23.8 Å². The van der Waals surface area contributed by atoms with E-state index in [0.29, 0.717) is 6.54 Å². The van der Waals surface area contributed by atoms with Crippen LogP contribution in [0, 0.1) is 17.8 Å². The van der Waals surface area contributed by atoms with Crippen LogP contribution in [0.3, 0.4) is 0 Å². The Hall–Kier alpha value is -1.49. The van der Waals surface area contributed by atoms with Gasteiger partial charge in [-0.3, -0.25) is 14.8 Å². The van der Waals surface area contributed by atoms with Crippen LogP contribution in [0.5, 0.6) is 0 Å². The van der Waals surface area contributed by atoms with Crippen LogP contribution in [-0.4, -0.2) is 29.0 Å². The van der Waals surface area contributed by atoms with Gasteiger partial charge in [-0.25, -0.2) is 0 Å². The highest BCUT2D eigenvalue weighted by Gasteiger charge is 2.67. The Morgan fingerprint density at radius 3 is 2.75 bits per heavy atom. The van der Waals surface area contributed by atoms with Gasteiger partial charge in [0.25, 0.3) is 0 Å². The second-order valence-electron chi connectivity index (χ2n) is 6.37. The van der Waals surface area contributed by atoms with E-state index in [-0.39, 0.29) is 16.7 Å². The Morgan fingerprint density at radius 2 is 2.10 bits per heavy atom. The van der Waals surface area contributed by atoms with Crippen molar-refractivity contribution in [3.63, 3.8) is 0 Å². The van der Waals surface area contributed by atoms with Gasteiger partial charge in [-0.05, 0) is 44.7 Å². The molecule has 1 aromatic heterocycles. The van der Waals surface area contributed by atoms with E-state index in [1.165, 1.54) is 0 Å². The maximum absolute atomic E-state index is 12.5. The molecule has 5 nitrogen and oxygen atoms in total. The van der Waals surface area contributed by atoms with Gasteiger partial charge in [-0.15, -0.1) is 0 Å². The average Bonchev–Trinajstić information content (AvgIpc) is 3.03. The molecule has 0 aromatic carbocycles. The SMILES string of the molecule is Cc1cnc(CNC(=O)C2(C)CC23CCNCC3)cn1. The first-order valence-corrected chi connectivity index (χ1v) is 7.32. The number of carbonyl (C=O) groups excluding carboxylic acids is 1. The lowest BCUT2D eigenvalue weighted by Gasteiger charge is -2.27. The largest absolute Gasteiger partial charge is 0.350 e. The molecule has 20 heavy (non-hydrogen) atoms. The number of amides is 1. The highest BCUT2D eigenvalue weighted by Crippen LogP contribution is 2.68. The summed E-state index contributed by atoms with van der Waals surface area (Å²) in [6.45, 7) is 6.55. The minimum absolute atomic E-state index is 0.168. The third-order valence-electron chi connectivity index (χ3n) is 5.06. The predicted molar refractivity (Wildman–Crippen MR) is 75.9 cm³/mol. The fourth-order valence-electron chi connectivity index (χ4n) is 3.46. The third kappa shape index (κ3) is 2.20. The second kappa shape index (κ2) is 4.81. The van der Waals surface area contributed by atoms with E-state index in [4.69, 9.17) is 0 Å². The summed E-state index contributed by atoms with van der Waals surface area (Å²) < 4.78 is 0. The summed E-state index contributed by atoms with van der Waals surface area (Å²) in [6.07, 6.45) is 6.70. The standard InChI is InChI=1S/C15H22N4O/c1-11-7-18-12(8-17-11)9-19-13(20)14(2)10-15(14)3-5-16-6-4-15/h7-8,16H,3-6,9-10H2,1-2H3,(H,19,20). The number of piperidine rings is 1. The molecule has 5 heteroatoms. The quantitative estimate of drug-likeness (QED) is 0.868. The van der Waals surface area contributed by atoms with Crippen molar-refractivity contribution in [1.29, 1.82) is 0 Å². The van der Waals surface area contributed by atoms with Crippen molar-refractivity contribution in [2.24, 2.45) is 10.8 Å². The Bertz CT molecular complexity index is 507. The maximum Gasteiger partial charge on any atom is 0.226 e. The van der Waals surface area contributed by atoms with E-state index >= 15 is 0 Å². The van der Waals surface area contributed by atoms with Gasteiger partial charge in [0.15, 0.2) is 0 Å². The molecule has 2 aliphatic rings. The molecule has 1 amide bonds. The lowest BCUT2D eigenvalue weighted by atomic mass is 9.85. The van der Waals surface area contributed by atoms with Crippen LogP contribution in [0.4, 0.5) is 0 Å². The highest BCUT2D eigenvalue weighted by atomic mass is 16.2. The fourth-order valence-corrected chi connectivity index (χ4v) is 3.46. The zero-order valence-electron chi connectivity index (χ0n) is 12.2. The molecule has 1 unspecified atom stereocenters. The van der Waals surface area contributed by atoms with Gasteiger partial charge in [0.1, 0.15) is 0 Å². The molecule has 3 rings (SSSR count). The summed E-state index contributed by atoms with van der Waals surface area (Å²) >= 11 is 0. The molecule has 1 aromatic rings. The van der Waals surface area contributed by atoms with Gasteiger partial charge in [0.05, 0.1) is 29.5 Å². The molecule has 1 aliphatic heterocycles. The van der Waals surface area contributed by atoms with E-state index in [9.17, 15) is 4.79 Å². The first-order chi connectivity index (χ1) is 9.56. The summed E-state index contributed by atoms with van der Waals surface area (Å²) in [5.74, 6) is 0.168. The molecule has 1 atom stereocenters. The number of nitrogens with zero attached hydrogens (tertiary/aromatic N) is 2. The Balaban J connectivity index is 1.58. The number of nitrogens with one attached hydrogen (secondary N) is 2. The lowest BCUT2D eigenvalue weighted by molar-refractivity contribution is -0.127. The third-order valence-corrected chi connectivity index (χ3v) is 5.06. The summed E-state index contributed by atoms with van der Waals surface area (Å²) in [4.78, 5) is 20.9. The topological polar surface area (TPSA) is 66.9 Å². The van der Waals surface area contributed by atoms with E-state index < -0.39 is 0 Å². The molecule has 1 aliphatic carbocycles. The number of aryl methyl sites for hydroxylation is 1. The molecule has 1 saturated heterocycles. The van der Waals surface area contributed by atoms with Crippen LogP contribution in [0.1, 0.15) is 37.6 Å². The van der Waals surface area contributed by atoms with Crippen molar-refractivity contribution in [3.8, 4) is 0 Å². The smallest absolute Gasteiger partial charge is 0.226 e. The molecule has 108 valence electrons. The first kappa shape index (κ1) is 13.5. The van der Waals surface area contributed by atoms with Gasteiger partial charge in [-0.1, -0.05) is 6.92 Å². The van der Waals surface area contributed by atoms with Crippen LogP contribution in [0.25, 0.3) is 0 Å². The Morgan fingerprint density at radius 1 is 1.35 bits per heavy atom. The average molecular weight is 274 g/mol. The molecule has 2 N–H and O–H groups in total. The van der Waals surface area contributed by atoms with Gasteiger partial charge >= 0.3 is 0 Å². The Kier molecular flexibility index (Phi) is 3.24. The van der Waals surface area contributed by atoms with E-state index in [1.54, 1.807) is 12.4 Å². The van der Waals surface area contributed by atoms with Gasteiger partial charge in [0, 0.05) is 6.20 Å². The number of rotatable bonds is 3. The van der Waals surface area contributed by atoms with E-state index in [0.717, 1.165) is 43.7 Å². The van der Waals surface area contributed by atoms with E-state index in [1.807, 2.05) is 6.92 Å². The van der Waals surface area contributed by atoms with Crippen LogP contribution in [0.15, 0.2) is 12.4 Å². The van der Waals surface area contributed by atoms with Gasteiger partial charge in [-0.2, -0.15) is 0 Å². The fraction of sp³-hybridized carbons (Fsp3) is 0.667. The molecule has 2 fully saturated rings. The summed E-state index contributed by atoms with van der Waals surface area (Å²) in [7, 11) is 0. The van der Waals surface area contributed by atoms with Gasteiger partial charge < -0.3 is 10.6 Å². The lowest BCUT2D eigenvalue weighted by Crippen LogP contribution is -2.38. The minimum Gasteiger partial charge on any atom is -0.350 e. The first-order valence-electron chi connectivity index (χ1n) is 7.32. The van der Waals surface area contributed by atoms with E-state index in [2.05, 4.69) is 27.5 Å². The molecule has 1 spiro atoms. The summed E-state index contributed by atoms with van der Waals surface area (Å²) in [5.41, 5.74) is 1.75. The molecular weight excluding hydrogens is 252 g/mol. The molecular formula is C15H22N4O. The monoisotopic (exact) mass is 274 g/mol. The number of aromatic nitrogens is 2. The molecule has 0 radical (unpaired) electrons. The van der Waals surface area contributed by atoms with Crippen LogP contribution < -0.4 is 10.6 Å². The predicted octanol–water partition coefficient (Wildman–Crippen LogP) is 1.18. The zero-order valence-corrected chi connectivity index (χ0v) is 12.2. The Labute approximate surface area is 119 Å². The van der Waals surface area contributed by atoms with Crippen molar-refractivity contribution >= 4 is 5.91 Å². The van der Waals surface area contributed by atoms with Crippen molar-refractivity contribution in [1.82, 2.24) is 20.6 Å². The maximum atomic E-state index is 12.5. The van der Waals surface area contributed by atoms with Crippen molar-refractivity contribution < 1.29 is 4.79 Å². The van der Waals surface area contributed by atoms with Crippen LogP contribution >= 0.6 is 0 Å². The molecule has 0 bridgehead atoms. The number of hydrogen-bond donors (Lipinski definition) is 2. The van der Waals surface area contributed by atoms with Crippen molar-refractivity contribution in [2.75, 3.05) is 13.1 Å². The van der Waals surface area contributed by atoms with Crippen LogP contribution in [-0.2, 0) is 11.3 Å². The number of hydrogen-bond acceptors (Lipinski definition) is 4. The number of carbonyl (C=O) groups is 1. The molecule has 2 heterocycles. The highest BCUT2D eigenvalue weighted by molar-refractivity contribution is 5.86. The normalized spacial score (nSPS) is 27.3. The molecule has 1 saturated carbocycles. The summed E-state index contributed by atoms with van der Waals surface area (Å²) in [6, 6.07) is 0. The van der Waals surface area contributed by atoms with Crippen LogP contribution in [0.2, 0.25) is 0 Å². The zero-order chi connectivity index (χ0) is 14.2. The second-order valence-corrected chi connectivity index (χ2v) is 6.37. The minimum atomic E-state index is -0.187. The summed E-state index contributed by atoms with van der Waals surface area (Å²) in [5, 5.41) is 6.40. The van der Waals surface area contributed by atoms with Crippen molar-refractivity contribution in [2.45, 2.75) is 39.7 Å².